The molecule has 26 heavy (non-hydrogen) atoms. The number of ketones is 1. The van der Waals surface area contributed by atoms with Gasteiger partial charge in [0.05, 0.1) is 25.7 Å². The SMILES string of the molecule is C=C1CC[C@@H]2[C@](C)(CCC[C@]2(C)C(=O)OC)[C@H]1CC(=O)C1(C)OCCO1. The lowest BCUT2D eigenvalue weighted by Gasteiger charge is -2.57. The van der Waals surface area contributed by atoms with E-state index >= 15 is 0 Å². The molecule has 0 aromatic carbocycles. The van der Waals surface area contributed by atoms with Crippen molar-refractivity contribution < 1.29 is 23.8 Å². The Labute approximate surface area is 156 Å². The Balaban J connectivity index is 1.89. The quantitative estimate of drug-likeness (QED) is 0.563. The van der Waals surface area contributed by atoms with Crippen molar-refractivity contribution >= 4 is 11.8 Å². The highest BCUT2D eigenvalue weighted by Crippen LogP contribution is 2.62. The lowest BCUT2D eigenvalue weighted by Crippen LogP contribution is -2.54. The number of Topliss-reactive ketones (excluding diaryl/α,β-unsaturated/α-hetero) is 1. The molecule has 3 rings (SSSR count). The fraction of sp³-hybridized carbons (Fsp3) is 0.810. The first-order chi connectivity index (χ1) is 12.2. The molecular formula is C21H32O5. The molecule has 0 aromatic rings. The Hall–Kier alpha value is -1.20. The Bertz CT molecular complexity index is 606. The van der Waals surface area contributed by atoms with Gasteiger partial charge in [-0.3, -0.25) is 9.59 Å². The average molecular weight is 364 g/mol. The average Bonchev–Trinajstić information content (AvgIpc) is 3.05. The standard InChI is InChI=1S/C21H32O5/c1-14-7-8-16-19(2,9-6-10-20(16,3)18(23)24-5)15(14)13-17(22)21(4)25-11-12-26-21/h15-16H,1,6-13H2,2-5H3/t15-,16+,19+,20-/m0/s1. The van der Waals surface area contributed by atoms with Gasteiger partial charge in [0.15, 0.2) is 5.78 Å². The molecule has 0 unspecified atom stereocenters. The Morgan fingerprint density at radius 3 is 2.46 bits per heavy atom. The monoisotopic (exact) mass is 364 g/mol. The van der Waals surface area contributed by atoms with Crippen molar-refractivity contribution in [1.29, 1.82) is 0 Å². The van der Waals surface area contributed by atoms with E-state index in [4.69, 9.17) is 14.2 Å². The van der Waals surface area contributed by atoms with Gasteiger partial charge in [-0.15, -0.1) is 0 Å². The van der Waals surface area contributed by atoms with Gasteiger partial charge in [-0.05, 0) is 56.8 Å². The number of methoxy groups -OCH3 is 1. The molecule has 3 aliphatic rings. The van der Waals surface area contributed by atoms with Crippen LogP contribution in [0.2, 0.25) is 0 Å². The van der Waals surface area contributed by atoms with Crippen LogP contribution in [0, 0.1) is 22.7 Å². The summed E-state index contributed by atoms with van der Waals surface area (Å²) < 4.78 is 16.3. The minimum Gasteiger partial charge on any atom is -0.469 e. The minimum absolute atomic E-state index is 0.0200. The third-order valence-electron chi connectivity index (χ3n) is 7.41. The Morgan fingerprint density at radius 1 is 1.19 bits per heavy atom. The topological polar surface area (TPSA) is 61.8 Å². The van der Waals surface area contributed by atoms with E-state index in [0.717, 1.165) is 37.7 Å². The number of allylic oxidation sites excluding steroid dienone is 1. The van der Waals surface area contributed by atoms with E-state index in [9.17, 15) is 9.59 Å². The van der Waals surface area contributed by atoms with Gasteiger partial charge in [0.1, 0.15) is 0 Å². The van der Waals surface area contributed by atoms with Gasteiger partial charge < -0.3 is 14.2 Å². The molecule has 5 nitrogen and oxygen atoms in total. The van der Waals surface area contributed by atoms with E-state index in [-0.39, 0.29) is 29.0 Å². The van der Waals surface area contributed by atoms with Crippen LogP contribution in [-0.2, 0) is 23.8 Å². The number of esters is 1. The summed E-state index contributed by atoms with van der Waals surface area (Å²) in [6.45, 7) is 11.2. The van der Waals surface area contributed by atoms with Crippen molar-refractivity contribution in [1.82, 2.24) is 0 Å². The number of ether oxygens (including phenoxy) is 3. The van der Waals surface area contributed by atoms with Crippen LogP contribution in [-0.4, -0.2) is 37.9 Å². The molecule has 1 aliphatic heterocycles. The zero-order chi connectivity index (χ0) is 19.2. The fourth-order valence-corrected chi connectivity index (χ4v) is 5.85. The van der Waals surface area contributed by atoms with Crippen LogP contribution in [0.4, 0.5) is 0 Å². The van der Waals surface area contributed by atoms with Crippen molar-refractivity contribution in [2.75, 3.05) is 20.3 Å². The second-order valence-electron chi connectivity index (χ2n) is 8.84. The van der Waals surface area contributed by atoms with E-state index in [1.807, 2.05) is 6.92 Å². The molecule has 1 saturated heterocycles. The summed E-state index contributed by atoms with van der Waals surface area (Å²) >= 11 is 0. The van der Waals surface area contributed by atoms with Crippen LogP contribution in [0.5, 0.6) is 0 Å². The number of fused-ring (bicyclic) bond motifs is 1. The summed E-state index contributed by atoms with van der Waals surface area (Å²) in [6, 6.07) is 0. The lowest BCUT2D eigenvalue weighted by molar-refractivity contribution is -0.179. The van der Waals surface area contributed by atoms with Gasteiger partial charge in [-0.1, -0.05) is 25.5 Å². The lowest BCUT2D eigenvalue weighted by atomic mass is 9.46. The minimum atomic E-state index is -1.14. The summed E-state index contributed by atoms with van der Waals surface area (Å²) in [4.78, 5) is 25.6. The van der Waals surface area contributed by atoms with Crippen molar-refractivity contribution in [3.8, 4) is 0 Å². The highest BCUT2D eigenvalue weighted by Gasteiger charge is 2.58. The van der Waals surface area contributed by atoms with Crippen molar-refractivity contribution in [2.24, 2.45) is 22.7 Å². The summed E-state index contributed by atoms with van der Waals surface area (Å²) in [5.74, 6) is -1.04. The molecule has 2 aliphatic carbocycles. The van der Waals surface area contributed by atoms with Gasteiger partial charge in [0.2, 0.25) is 5.79 Å². The van der Waals surface area contributed by atoms with Crippen molar-refractivity contribution in [3.63, 3.8) is 0 Å². The number of carbonyl (C=O) groups is 2. The van der Waals surface area contributed by atoms with Crippen molar-refractivity contribution in [3.05, 3.63) is 12.2 Å². The van der Waals surface area contributed by atoms with Crippen molar-refractivity contribution in [2.45, 2.75) is 65.1 Å². The zero-order valence-corrected chi connectivity index (χ0v) is 16.6. The number of carbonyl (C=O) groups excluding carboxylic acids is 2. The first kappa shape index (κ1) is 19.6. The molecule has 3 fully saturated rings. The van der Waals surface area contributed by atoms with Crippen LogP contribution in [0.25, 0.3) is 0 Å². The second-order valence-corrected chi connectivity index (χ2v) is 8.84. The van der Waals surface area contributed by atoms with E-state index < -0.39 is 11.2 Å². The molecule has 2 saturated carbocycles. The first-order valence-electron chi connectivity index (χ1n) is 9.75. The van der Waals surface area contributed by atoms with Gasteiger partial charge in [0.25, 0.3) is 0 Å². The fourth-order valence-electron chi connectivity index (χ4n) is 5.85. The number of hydrogen-bond acceptors (Lipinski definition) is 5. The highest BCUT2D eigenvalue weighted by molar-refractivity contribution is 5.86. The van der Waals surface area contributed by atoms with Crippen LogP contribution in [0.1, 0.15) is 59.3 Å². The summed E-state index contributed by atoms with van der Waals surface area (Å²) in [6.07, 6.45) is 4.94. The van der Waals surface area contributed by atoms with E-state index in [1.54, 1.807) is 6.92 Å². The largest absolute Gasteiger partial charge is 0.469 e. The maximum Gasteiger partial charge on any atom is 0.311 e. The number of hydrogen-bond donors (Lipinski definition) is 0. The Morgan fingerprint density at radius 2 is 1.85 bits per heavy atom. The van der Waals surface area contributed by atoms with E-state index in [2.05, 4.69) is 13.5 Å². The summed E-state index contributed by atoms with van der Waals surface area (Å²) in [7, 11) is 1.47. The molecule has 146 valence electrons. The maximum atomic E-state index is 13.0. The third-order valence-corrected chi connectivity index (χ3v) is 7.41. The molecule has 0 N–H and O–H groups in total. The van der Waals surface area contributed by atoms with Crippen LogP contribution < -0.4 is 0 Å². The van der Waals surface area contributed by atoms with Gasteiger partial charge in [0, 0.05) is 6.42 Å². The molecule has 0 aromatic heterocycles. The van der Waals surface area contributed by atoms with Gasteiger partial charge in [-0.2, -0.15) is 0 Å². The van der Waals surface area contributed by atoms with Crippen LogP contribution in [0.15, 0.2) is 12.2 Å². The predicted molar refractivity (Wildman–Crippen MR) is 97.4 cm³/mol. The molecule has 0 radical (unpaired) electrons. The molecule has 1 heterocycles. The zero-order valence-electron chi connectivity index (χ0n) is 16.6. The third kappa shape index (κ3) is 2.93. The maximum absolute atomic E-state index is 13.0. The first-order valence-corrected chi connectivity index (χ1v) is 9.75. The molecule has 4 atom stereocenters. The predicted octanol–water partition coefficient (Wildman–Crippen LogP) is 3.66. The second kappa shape index (κ2) is 6.75. The molecule has 0 bridgehead atoms. The molecule has 0 amide bonds. The molecule has 5 heteroatoms. The highest BCUT2D eigenvalue weighted by atomic mass is 16.7. The van der Waals surface area contributed by atoms with Crippen LogP contribution >= 0.6 is 0 Å². The Kier molecular flexibility index (Phi) is 5.08. The smallest absolute Gasteiger partial charge is 0.311 e. The molecular weight excluding hydrogens is 332 g/mol. The summed E-state index contributed by atoms with van der Waals surface area (Å²) in [5, 5.41) is 0. The van der Waals surface area contributed by atoms with E-state index in [1.165, 1.54) is 7.11 Å². The summed E-state index contributed by atoms with van der Waals surface area (Å²) in [5.41, 5.74) is 0.489. The molecule has 0 spiro atoms. The number of rotatable bonds is 4. The van der Waals surface area contributed by atoms with Gasteiger partial charge in [-0.25, -0.2) is 0 Å². The van der Waals surface area contributed by atoms with Gasteiger partial charge >= 0.3 is 5.97 Å². The van der Waals surface area contributed by atoms with Crippen LogP contribution in [0.3, 0.4) is 0 Å². The normalized spacial score (nSPS) is 39.3. The van der Waals surface area contributed by atoms with E-state index in [0.29, 0.717) is 19.6 Å².